The van der Waals surface area contributed by atoms with Crippen LogP contribution in [0.4, 0.5) is 0 Å². The Bertz CT molecular complexity index is 2420. The smallest absolute Gasteiger partial charge is 0.132 e. The lowest BCUT2D eigenvalue weighted by Gasteiger charge is -2.18. The minimum Gasteiger partial charge on any atom is -0.317 e. The summed E-state index contributed by atoms with van der Waals surface area (Å²) in [7, 11) is -1.60. The lowest BCUT2D eigenvalue weighted by atomic mass is 10.0. The molecule has 0 aliphatic heterocycles. The molecule has 3 heteroatoms. The summed E-state index contributed by atoms with van der Waals surface area (Å²) >= 11 is 0. The van der Waals surface area contributed by atoms with Gasteiger partial charge in [0, 0.05) is 33.7 Å². The molecule has 0 saturated carbocycles. The van der Waals surface area contributed by atoms with Crippen LogP contribution in [0.2, 0.25) is 0 Å². The lowest BCUT2D eigenvalue weighted by molar-refractivity contribution is 1.13. The molecule has 9 aromatic rings. The Morgan fingerprint density at radius 2 is 0.956 bits per heavy atom. The second-order valence-electron chi connectivity index (χ2n) is 11.8. The highest BCUT2D eigenvalue weighted by Gasteiger charge is 2.20. The maximum Gasteiger partial charge on any atom is 0.132 e. The molecule has 0 radical (unpaired) electrons. The maximum absolute atomic E-state index is 2.45. The summed E-state index contributed by atoms with van der Waals surface area (Å²) in [6.45, 7) is 0. The van der Waals surface area contributed by atoms with Crippen LogP contribution >= 0.6 is 0 Å². The summed E-state index contributed by atoms with van der Waals surface area (Å²) in [5.41, 5.74) is 6.05. The number of nitrogens with zero attached hydrogens (tertiary/aromatic N) is 2. The first-order valence-electron chi connectivity index (χ1n) is 15.6. The zero-order chi connectivity index (χ0) is 29.7. The average molecular weight is 591 g/mol. The summed E-state index contributed by atoms with van der Waals surface area (Å²) < 4.78 is 4.73. The molecule has 9 rings (SSSR count). The van der Waals surface area contributed by atoms with Gasteiger partial charge in [-0.15, -0.1) is 0 Å². The maximum atomic E-state index is 2.45. The summed E-state index contributed by atoms with van der Waals surface area (Å²) in [6.07, 6.45) is 2.19. The summed E-state index contributed by atoms with van der Waals surface area (Å²) in [5.74, 6) is 0. The van der Waals surface area contributed by atoms with E-state index in [9.17, 15) is 0 Å². The van der Waals surface area contributed by atoms with Gasteiger partial charge in [0.25, 0.3) is 0 Å². The first-order chi connectivity index (χ1) is 22.3. The van der Waals surface area contributed by atoms with Crippen LogP contribution in [0, 0.1) is 0 Å². The third-order valence-electron chi connectivity index (χ3n) is 9.27. The summed E-state index contributed by atoms with van der Waals surface area (Å²) in [4.78, 5) is 0. The number of benzene rings is 7. The molecule has 212 valence electrons. The van der Waals surface area contributed by atoms with E-state index >= 15 is 0 Å². The molecular formula is C42H30N2Si. The van der Waals surface area contributed by atoms with Gasteiger partial charge in [0.05, 0.1) is 16.6 Å². The molecule has 0 aliphatic rings. The molecule has 45 heavy (non-hydrogen) atoms. The topological polar surface area (TPSA) is 9.86 Å². The van der Waals surface area contributed by atoms with Gasteiger partial charge in [-0.1, -0.05) is 131 Å². The van der Waals surface area contributed by atoms with Crippen molar-refractivity contribution in [2.75, 3.05) is 0 Å². The van der Waals surface area contributed by atoms with Crippen molar-refractivity contribution in [2.45, 2.75) is 0 Å². The van der Waals surface area contributed by atoms with Gasteiger partial charge >= 0.3 is 0 Å². The predicted octanol–water partition coefficient (Wildman–Crippen LogP) is 8.13. The van der Waals surface area contributed by atoms with Crippen molar-refractivity contribution in [1.29, 1.82) is 0 Å². The highest BCUT2D eigenvalue weighted by atomic mass is 28.3. The van der Waals surface area contributed by atoms with Crippen molar-refractivity contribution in [3.05, 3.63) is 176 Å². The minimum atomic E-state index is -1.60. The van der Waals surface area contributed by atoms with Crippen molar-refractivity contribution in [3.63, 3.8) is 0 Å². The Morgan fingerprint density at radius 1 is 0.356 bits per heavy atom. The van der Waals surface area contributed by atoms with E-state index < -0.39 is 8.80 Å². The molecule has 0 fully saturated rings. The van der Waals surface area contributed by atoms with Crippen LogP contribution in [-0.2, 0) is 0 Å². The number of fused-ring (bicyclic) bond motifs is 6. The van der Waals surface area contributed by atoms with Crippen molar-refractivity contribution in [1.82, 2.24) is 9.13 Å². The zero-order valence-corrected chi connectivity index (χ0v) is 25.9. The summed E-state index contributed by atoms with van der Waals surface area (Å²) in [6, 6.07) is 62.4. The third kappa shape index (κ3) is 4.24. The standard InChI is InChI=1S/C42H30N2Si/c1-4-12-31(13-5-1)43-27-26-37-38-29-42-39(28-30(38)20-25-40(37)43)36-18-10-11-19-41(36)44(42)32-21-23-35(24-22-32)45(33-14-6-2-7-15-33)34-16-8-3-9-17-34/h1-29,45H. The predicted molar refractivity (Wildman–Crippen MR) is 194 cm³/mol. The van der Waals surface area contributed by atoms with E-state index in [0.29, 0.717) is 0 Å². The number of rotatable bonds is 5. The van der Waals surface area contributed by atoms with Crippen LogP contribution in [0.3, 0.4) is 0 Å². The first-order valence-corrected chi connectivity index (χ1v) is 17.3. The molecule has 7 aromatic carbocycles. The fourth-order valence-corrected chi connectivity index (χ4v) is 10.1. The number of hydrogen-bond acceptors (Lipinski definition) is 0. The van der Waals surface area contributed by atoms with Gasteiger partial charge in [0.1, 0.15) is 8.80 Å². The quantitative estimate of drug-likeness (QED) is 0.142. The van der Waals surface area contributed by atoms with E-state index in [0.717, 1.165) is 0 Å². The summed E-state index contributed by atoms with van der Waals surface area (Å²) in [5, 5.41) is 10.7. The second-order valence-corrected chi connectivity index (χ2v) is 14.7. The van der Waals surface area contributed by atoms with Crippen molar-refractivity contribution < 1.29 is 0 Å². The molecule has 0 unspecified atom stereocenters. The SMILES string of the molecule is c1ccc(-n2ccc3c4cc5c(cc4ccc32)c2ccccc2n5-c2ccc([SiH](c3ccccc3)c3ccccc3)cc2)cc1. The zero-order valence-electron chi connectivity index (χ0n) is 24.7. The van der Waals surface area contributed by atoms with Crippen LogP contribution in [0.1, 0.15) is 0 Å². The normalized spacial score (nSPS) is 11.8. The van der Waals surface area contributed by atoms with Gasteiger partial charge in [0.2, 0.25) is 0 Å². The van der Waals surface area contributed by atoms with Gasteiger partial charge in [-0.3, -0.25) is 0 Å². The number of para-hydroxylation sites is 2. The average Bonchev–Trinajstić information content (AvgIpc) is 3.69. The van der Waals surface area contributed by atoms with E-state index in [1.165, 1.54) is 70.4 Å². The number of hydrogen-bond donors (Lipinski definition) is 0. The van der Waals surface area contributed by atoms with Gasteiger partial charge in [-0.05, 0) is 65.4 Å². The number of aromatic nitrogens is 2. The molecular weight excluding hydrogens is 561 g/mol. The van der Waals surface area contributed by atoms with Gasteiger partial charge < -0.3 is 9.13 Å². The van der Waals surface area contributed by atoms with Crippen LogP contribution < -0.4 is 15.6 Å². The monoisotopic (exact) mass is 590 g/mol. The molecule has 0 amide bonds. The first kappa shape index (κ1) is 25.8. The van der Waals surface area contributed by atoms with Crippen molar-refractivity contribution >= 4 is 67.8 Å². The highest BCUT2D eigenvalue weighted by molar-refractivity contribution is 6.95. The van der Waals surface area contributed by atoms with E-state index in [2.05, 4.69) is 185 Å². The van der Waals surface area contributed by atoms with Gasteiger partial charge in [-0.2, -0.15) is 0 Å². The highest BCUT2D eigenvalue weighted by Crippen LogP contribution is 2.37. The molecule has 0 atom stereocenters. The van der Waals surface area contributed by atoms with Crippen LogP contribution in [0.15, 0.2) is 176 Å². The molecule has 0 spiro atoms. The van der Waals surface area contributed by atoms with E-state index in [-0.39, 0.29) is 0 Å². The Labute approximate surface area is 263 Å². The fraction of sp³-hybridized carbons (Fsp3) is 0. The Balaban J connectivity index is 1.23. The minimum absolute atomic E-state index is 1.18. The molecule has 0 aliphatic carbocycles. The van der Waals surface area contributed by atoms with E-state index in [1.807, 2.05) is 0 Å². The Kier molecular flexibility index (Phi) is 6.03. The van der Waals surface area contributed by atoms with Crippen molar-refractivity contribution in [2.24, 2.45) is 0 Å². The van der Waals surface area contributed by atoms with E-state index in [1.54, 1.807) is 0 Å². The van der Waals surface area contributed by atoms with Crippen molar-refractivity contribution in [3.8, 4) is 11.4 Å². The van der Waals surface area contributed by atoms with Crippen LogP contribution in [0.25, 0.3) is 54.9 Å². The van der Waals surface area contributed by atoms with Crippen LogP contribution in [0.5, 0.6) is 0 Å². The molecule has 0 saturated heterocycles. The van der Waals surface area contributed by atoms with Gasteiger partial charge in [-0.25, -0.2) is 0 Å². The Morgan fingerprint density at radius 3 is 1.67 bits per heavy atom. The molecule has 0 N–H and O–H groups in total. The molecule has 0 bridgehead atoms. The third-order valence-corrected chi connectivity index (χ3v) is 12.4. The van der Waals surface area contributed by atoms with E-state index in [4.69, 9.17) is 0 Å². The second kappa shape index (κ2) is 10.5. The molecule has 2 heterocycles. The Hall–Kier alpha value is -5.64. The van der Waals surface area contributed by atoms with Gasteiger partial charge in [0.15, 0.2) is 0 Å². The lowest BCUT2D eigenvalue weighted by Crippen LogP contribution is -2.51. The fourth-order valence-electron chi connectivity index (χ4n) is 7.19. The molecule has 2 nitrogen and oxygen atoms in total. The van der Waals surface area contributed by atoms with Crippen LogP contribution in [-0.4, -0.2) is 17.9 Å². The largest absolute Gasteiger partial charge is 0.317 e. The molecule has 2 aromatic heterocycles.